The molecule has 0 aliphatic heterocycles. The number of rotatable bonds is 5. The molecule has 3 rings (SSSR count). The van der Waals surface area contributed by atoms with Gasteiger partial charge in [-0.15, -0.1) is 0 Å². The normalized spacial score (nSPS) is 13.4. The van der Waals surface area contributed by atoms with Gasteiger partial charge >= 0.3 is 0 Å². The fourth-order valence-corrected chi connectivity index (χ4v) is 3.38. The van der Waals surface area contributed by atoms with Crippen LogP contribution in [0.5, 0.6) is 5.75 Å². The van der Waals surface area contributed by atoms with Gasteiger partial charge in [-0.05, 0) is 55.9 Å². The number of aromatic hydroxyl groups is 1. The minimum absolute atomic E-state index is 0.0192. The van der Waals surface area contributed by atoms with Crippen molar-refractivity contribution in [3.05, 3.63) is 51.6 Å². The number of aryl methyl sites for hydroxylation is 2. The number of phenols is 1. The van der Waals surface area contributed by atoms with E-state index in [2.05, 4.69) is 15.3 Å². The number of carbonyl (C=O) groups excluding carboxylic acids is 1. The van der Waals surface area contributed by atoms with E-state index in [1.807, 2.05) is 6.92 Å². The molecule has 1 aliphatic carbocycles. The molecule has 25 heavy (non-hydrogen) atoms. The molecule has 0 saturated heterocycles. The first kappa shape index (κ1) is 17.7. The molecule has 1 amide bonds. The Labute approximate surface area is 152 Å². The van der Waals surface area contributed by atoms with Crippen molar-refractivity contribution in [3.8, 4) is 5.75 Å². The van der Waals surface area contributed by atoms with Crippen molar-refractivity contribution < 1.29 is 9.90 Å². The largest absolute Gasteiger partial charge is 0.506 e. The molecule has 5 nitrogen and oxygen atoms in total. The molecule has 2 N–H and O–H groups in total. The molecule has 1 aromatic heterocycles. The van der Waals surface area contributed by atoms with Crippen LogP contribution >= 0.6 is 11.6 Å². The fraction of sp³-hybridized carbons (Fsp3) is 0.421. The summed E-state index contributed by atoms with van der Waals surface area (Å²) in [5.41, 5.74) is 4.33. The third-order valence-electron chi connectivity index (χ3n) is 4.48. The highest BCUT2D eigenvalue weighted by Crippen LogP contribution is 2.24. The van der Waals surface area contributed by atoms with Crippen molar-refractivity contribution in [2.24, 2.45) is 0 Å². The van der Waals surface area contributed by atoms with E-state index in [0.717, 1.165) is 29.9 Å². The van der Waals surface area contributed by atoms with Gasteiger partial charge in [0.1, 0.15) is 11.6 Å². The van der Waals surface area contributed by atoms with Crippen LogP contribution in [0.3, 0.4) is 0 Å². The molecular weight excluding hydrogens is 338 g/mol. The summed E-state index contributed by atoms with van der Waals surface area (Å²) in [5, 5.41) is 12.5. The van der Waals surface area contributed by atoms with Crippen molar-refractivity contribution in [2.45, 2.75) is 45.4 Å². The number of fused-ring (bicyclic) bond motifs is 1. The minimum atomic E-state index is -0.0866. The topological polar surface area (TPSA) is 75.1 Å². The number of aromatic nitrogens is 2. The summed E-state index contributed by atoms with van der Waals surface area (Å²) in [5.74, 6) is 0.730. The number of nitrogens with zero attached hydrogens (tertiary/aromatic N) is 2. The number of hydrogen-bond acceptors (Lipinski definition) is 4. The van der Waals surface area contributed by atoms with Gasteiger partial charge in [0, 0.05) is 24.4 Å². The van der Waals surface area contributed by atoms with Gasteiger partial charge < -0.3 is 10.4 Å². The minimum Gasteiger partial charge on any atom is -0.506 e. The quantitative estimate of drug-likeness (QED) is 0.860. The lowest BCUT2D eigenvalue weighted by molar-refractivity contribution is -0.120. The van der Waals surface area contributed by atoms with E-state index in [4.69, 9.17) is 11.6 Å². The summed E-state index contributed by atoms with van der Waals surface area (Å²) in [4.78, 5) is 21.3. The second-order valence-electron chi connectivity index (χ2n) is 6.42. The van der Waals surface area contributed by atoms with Gasteiger partial charge in [-0.25, -0.2) is 9.97 Å². The SMILES string of the molecule is Cc1nc(CCNC(=O)Cc2ccc(O)c(Cl)c2)nc2c1CCCC2. The first-order valence-electron chi connectivity index (χ1n) is 8.62. The molecule has 0 saturated carbocycles. The Bertz CT molecular complexity index is 792. The highest BCUT2D eigenvalue weighted by molar-refractivity contribution is 6.32. The average Bonchev–Trinajstić information content (AvgIpc) is 2.58. The van der Waals surface area contributed by atoms with E-state index in [-0.39, 0.29) is 23.1 Å². The third kappa shape index (κ3) is 4.48. The van der Waals surface area contributed by atoms with E-state index < -0.39 is 0 Å². The maximum atomic E-state index is 12.0. The number of amides is 1. The molecule has 0 spiro atoms. The molecule has 1 aromatic carbocycles. The summed E-state index contributed by atoms with van der Waals surface area (Å²) >= 11 is 5.86. The Hall–Kier alpha value is -2.14. The van der Waals surface area contributed by atoms with Crippen molar-refractivity contribution in [3.63, 3.8) is 0 Å². The zero-order valence-corrected chi connectivity index (χ0v) is 15.1. The Morgan fingerprint density at radius 1 is 1.28 bits per heavy atom. The Morgan fingerprint density at radius 2 is 2.08 bits per heavy atom. The monoisotopic (exact) mass is 359 g/mol. The van der Waals surface area contributed by atoms with E-state index in [1.54, 1.807) is 12.1 Å². The molecule has 2 aromatic rings. The standard InChI is InChI=1S/C19H22ClN3O2/c1-12-14-4-2-3-5-16(14)23-18(22-12)8-9-21-19(25)11-13-6-7-17(24)15(20)10-13/h6-7,10,24H,2-5,8-9,11H2,1H3,(H,21,25). The van der Waals surface area contributed by atoms with E-state index in [0.29, 0.717) is 13.0 Å². The van der Waals surface area contributed by atoms with Gasteiger partial charge in [0.25, 0.3) is 0 Å². The van der Waals surface area contributed by atoms with Crippen LogP contribution in [-0.4, -0.2) is 27.5 Å². The highest BCUT2D eigenvalue weighted by Gasteiger charge is 2.15. The zero-order valence-electron chi connectivity index (χ0n) is 14.3. The number of benzene rings is 1. The highest BCUT2D eigenvalue weighted by atomic mass is 35.5. The summed E-state index contributed by atoms with van der Waals surface area (Å²) < 4.78 is 0. The molecular formula is C19H22ClN3O2. The summed E-state index contributed by atoms with van der Waals surface area (Å²) in [7, 11) is 0. The average molecular weight is 360 g/mol. The maximum absolute atomic E-state index is 12.0. The van der Waals surface area contributed by atoms with Crippen molar-refractivity contribution in [2.75, 3.05) is 6.54 Å². The second-order valence-corrected chi connectivity index (χ2v) is 6.83. The van der Waals surface area contributed by atoms with Crippen LogP contribution in [0, 0.1) is 6.92 Å². The predicted molar refractivity (Wildman–Crippen MR) is 96.9 cm³/mol. The lowest BCUT2D eigenvalue weighted by Crippen LogP contribution is -2.28. The van der Waals surface area contributed by atoms with Crippen LogP contribution in [0.2, 0.25) is 5.02 Å². The number of halogens is 1. The zero-order chi connectivity index (χ0) is 17.8. The molecule has 0 radical (unpaired) electrons. The van der Waals surface area contributed by atoms with Crippen molar-refractivity contribution in [1.82, 2.24) is 15.3 Å². The number of phenolic OH excluding ortho intramolecular Hbond substituents is 1. The van der Waals surface area contributed by atoms with Crippen molar-refractivity contribution in [1.29, 1.82) is 0 Å². The van der Waals surface area contributed by atoms with Crippen LogP contribution in [0.25, 0.3) is 0 Å². The molecule has 6 heteroatoms. The Kier molecular flexibility index (Phi) is 5.53. The molecule has 1 heterocycles. The molecule has 1 aliphatic rings. The van der Waals surface area contributed by atoms with Gasteiger partial charge in [0.15, 0.2) is 0 Å². The van der Waals surface area contributed by atoms with Crippen LogP contribution in [-0.2, 0) is 30.5 Å². The Balaban J connectivity index is 1.53. The molecule has 132 valence electrons. The second kappa shape index (κ2) is 7.83. The van der Waals surface area contributed by atoms with E-state index >= 15 is 0 Å². The number of carbonyl (C=O) groups is 1. The first-order valence-corrected chi connectivity index (χ1v) is 9.00. The third-order valence-corrected chi connectivity index (χ3v) is 4.79. The van der Waals surface area contributed by atoms with Gasteiger partial charge in [0.05, 0.1) is 11.4 Å². The summed E-state index contributed by atoms with van der Waals surface area (Å²) in [6, 6.07) is 4.79. The van der Waals surface area contributed by atoms with Gasteiger partial charge in [-0.2, -0.15) is 0 Å². The lowest BCUT2D eigenvalue weighted by atomic mass is 9.95. The summed E-state index contributed by atoms with van der Waals surface area (Å²) in [6.45, 7) is 2.55. The molecule has 0 unspecified atom stereocenters. The number of nitrogens with one attached hydrogen (secondary N) is 1. The first-order chi connectivity index (χ1) is 12.0. The molecule has 0 fully saturated rings. The maximum Gasteiger partial charge on any atom is 0.224 e. The van der Waals surface area contributed by atoms with Crippen LogP contribution in [0.4, 0.5) is 0 Å². The Morgan fingerprint density at radius 3 is 2.88 bits per heavy atom. The van der Waals surface area contributed by atoms with E-state index in [9.17, 15) is 9.90 Å². The molecule has 0 bridgehead atoms. The van der Waals surface area contributed by atoms with Crippen molar-refractivity contribution >= 4 is 17.5 Å². The number of hydrogen-bond donors (Lipinski definition) is 2. The van der Waals surface area contributed by atoms with Crippen LogP contribution < -0.4 is 5.32 Å². The van der Waals surface area contributed by atoms with Crippen LogP contribution in [0.15, 0.2) is 18.2 Å². The molecule has 0 atom stereocenters. The fourth-order valence-electron chi connectivity index (χ4n) is 3.18. The van der Waals surface area contributed by atoms with E-state index in [1.165, 1.54) is 30.2 Å². The predicted octanol–water partition coefficient (Wildman–Crippen LogP) is 2.92. The smallest absolute Gasteiger partial charge is 0.224 e. The van der Waals surface area contributed by atoms with Gasteiger partial charge in [0.2, 0.25) is 5.91 Å². The van der Waals surface area contributed by atoms with Crippen LogP contribution in [0.1, 0.15) is 41.2 Å². The van der Waals surface area contributed by atoms with Gasteiger partial charge in [-0.3, -0.25) is 4.79 Å². The summed E-state index contributed by atoms with van der Waals surface area (Å²) in [6.07, 6.45) is 5.36. The van der Waals surface area contributed by atoms with Gasteiger partial charge in [-0.1, -0.05) is 17.7 Å². The lowest BCUT2D eigenvalue weighted by Gasteiger charge is -2.17.